The predicted molar refractivity (Wildman–Crippen MR) is 142 cm³/mol. The first-order valence-electron chi connectivity index (χ1n) is 14.2. The second-order valence-corrected chi connectivity index (χ2v) is 13.1. The Morgan fingerprint density at radius 3 is 1.68 bits per heavy atom. The molecule has 0 heterocycles. The van der Waals surface area contributed by atoms with Crippen molar-refractivity contribution in [1.29, 1.82) is 0 Å². The molecule has 0 spiro atoms. The van der Waals surface area contributed by atoms with E-state index in [1.807, 2.05) is 14.1 Å². The van der Waals surface area contributed by atoms with Crippen LogP contribution in [0.25, 0.3) is 0 Å². The lowest BCUT2D eigenvalue weighted by atomic mass is 9.49. The molecule has 8 bridgehead atoms. The van der Waals surface area contributed by atoms with Crippen LogP contribution in [0.5, 0.6) is 0 Å². The molecule has 34 heavy (non-hydrogen) atoms. The van der Waals surface area contributed by atoms with Crippen molar-refractivity contribution in [3.05, 3.63) is 24.3 Å². The van der Waals surface area contributed by atoms with Gasteiger partial charge >= 0.3 is 0 Å². The van der Waals surface area contributed by atoms with E-state index in [9.17, 15) is 0 Å². The van der Waals surface area contributed by atoms with E-state index in [0.717, 1.165) is 41.4 Å². The second kappa shape index (κ2) is 8.10. The Bertz CT molecular complexity index is 944. The van der Waals surface area contributed by atoms with E-state index < -0.39 is 0 Å². The first-order chi connectivity index (χ1) is 16.6. The zero-order chi connectivity index (χ0) is 22.9. The maximum atomic E-state index is 4.91. The molecule has 0 amide bonds. The van der Waals surface area contributed by atoms with E-state index in [0.29, 0.717) is 5.92 Å². The standard InChI is InChI=1S/C30H42N4/c1-31-28(27-23-11-18-7-19(13-23)14-24(27)12-18)33-25-5-3-4-6-26(25)34-29(32-2)30-15-20-8-21(16-30)10-22(9-20)17-30/h3-6,18-24,27H,7-17H2,1-2H3,(H,31,33)(H,32,34). The molecular formula is C30H42N4. The van der Waals surface area contributed by atoms with Crippen molar-refractivity contribution < 1.29 is 0 Å². The van der Waals surface area contributed by atoms with Crippen LogP contribution < -0.4 is 10.6 Å². The monoisotopic (exact) mass is 458 g/mol. The topological polar surface area (TPSA) is 48.8 Å². The molecule has 8 fully saturated rings. The Labute approximate surface area is 205 Å². The Morgan fingerprint density at radius 2 is 1.18 bits per heavy atom. The molecule has 8 aliphatic rings. The predicted octanol–water partition coefficient (Wildman–Crippen LogP) is 6.86. The lowest BCUT2D eigenvalue weighted by molar-refractivity contribution is -0.0123. The summed E-state index contributed by atoms with van der Waals surface area (Å²) in [6.07, 6.45) is 15.6. The zero-order valence-corrected chi connectivity index (χ0v) is 21.1. The Balaban J connectivity index is 1.13. The minimum Gasteiger partial charge on any atom is -0.342 e. The molecule has 1 aromatic rings. The Morgan fingerprint density at radius 1 is 0.676 bits per heavy atom. The number of aliphatic imine (C=N–C) groups is 2. The van der Waals surface area contributed by atoms with Gasteiger partial charge in [0, 0.05) is 25.4 Å². The molecule has 4 heteroatoms. The molecule has 8 saturated carbocycles. The largest absolute Gasteiger partial charge is 0.342 e. The fourth-order valence-corrected chi connectivity index (χ4v) is 10.5. The molecule has 0 aromatic heterocycles. The summed E-state index contributed by atoms with van der Waals surface area (Å²) >= 11 is 0. The number of nitrogens with zero attached hydrogens (tertiary/aromatic N) is 2. The van der Waals surface area contributed by atoms with Crippen molar-refractivity contribution in [2.75, 3.05) is 24.7 Å². The van der Waals surface area contributed by atoms with Gasteiger partial charge in [-0.05, 0) is 124 Å². The molecular weight excluding hydrogens is 416 g/mol. The molecule has 9 rings (SSSR count). The number of para-hydroxylation sites is 2. The van der Waals surface area contributed by atoms with Crippen LogP contribution in [-0.2, 0) is 0 Å². The molecule has 0 unspecified atom stereocenters. The molecule has 0 aliphatic heterocycles. The van der Waals surface area contributed by atoms with Gasteiger partial charge in [-0.1, -0.05) is 12.1 Å². The van der Waals surface area contributed by atoms with Gasteiger partial charge < -0.3 is 10.6 Å². The fourth-order valence-electron chi connectivity index (χ4n) is 10.5. The van der Waals surface area contributed by atoms with Crippen LogP contribution in [0.3, 0.4) is 0 Å². The fraction of sp³-hybridized carbons (Fsp3) is 0.733. The number of benzene rings is 1. The molecule has 8 aliphatic carbocycles. The molecule has 0 atom stereocenters. The highest BCUT2D eigenvalue weighted by molar-refractivity contribution is 6.06. The van der Waals surface area contributed by atoms with Crippen molar-refractivity contribution in [2.45, 2.75) is 70.6 Å². The van der Waals surface area contributed by atoms with E-state index in [1.54, 1.807) is 0 Å². The summed E-state index contributed by atoms with van der Waals surface area (Å²) in [7, 11) is 4.00. The molecule has 4 nitrogen and oxygen atoms in total. The third-order valence-electron chi connectivity index (χ3n) is 11.0. The van der Waals surface area contributed by atoms with Gasteiger partial charge in [0.2, 0.25) is 0 Å². The SMILES string of the molecule is CN=C(Nc1ccccc1NC(=NC)C12CC3CC(CC(C3)C1)C2)C1C2CC3CC(C2)CC1C3. The van der Waals surface area contributed by atoms with Crippen LogP contribution in [0.2, 0.25) is 0 Å². The maximum absolute atomic E-state index is 4.91. The normalized spacial score (nSPS) is 44.5. The quantitative estimate of drug-likeness (QED) is 0.383. The van der Waals surface area contributed by atoms with Crippen molar-refractivity contribution in [3.63, 3.8) is 0 Å². The number of hydrogen-bond acceptors (Lipinski definition) is 2. The van der Waals surface area contributed by atoms with E-state index in [1.165, 1.54) is 93.7 Å². The summed E-state index contributed by atoms with van der Waals surface area (Å²) in [6, 6.07) is 8.78. The Hall–Kier alpha value is -1.84. The van der Waals surface area contributed by atoms with E-state index >= 15 is 0 Å². The van der Waals surface area contributed by atoms with Crippen LogP contribution >= 0.6 is 0 Å². The van der Waals surface area contributed by atoms with Crippen molar-refractivity contribution in [2.24, 2.45) is 62.7 Å². The van der Waals surface area contributed by atoms with E-state index in [-0.39, 0.29) is 5.41 Å². The molecule has 2 N–H and O–H groups in total. The minimum absolute atomic E-state index is 0.277. The van der Waals surface area contributed by atoms with Gasteiger partial charge in [0.15, 0.2) is 0 Å². The van der Waals surface area contributed by atoms with Crippen LogP contribution in [0.4, 0.5) is 11.4 Å². The summed E-state index contributed by atoms with van der Waals surface area (Å²) in [6.45, 7) is 0. The lowest BCUT2D eigenvalue weighted by Crippen LogP contribution is -2.52. The van der Waals surface area contributed by atoms with Gasteiger partial charge in [0.1, 0.15) is 11.7 Å². The third kappa shape index (κ3) is 3.45. The molecule has 182 valence electrons. The van der Waals surface area contributed by atoms with Gasteiger partial charge in [-0.25, -0.2) is 0 Å². The van der Waals surface area contributed by atoms with Crippen molar-refractivity contribution in [1.82, 2.24) is 0 Å². The molecule has 0 radical (unpaired) electrons. The second-order valence-electron chi connectivity index (χ2n) is 13.1. The van der Waals surface area contributed by atoms with Gasteiger partial charge in [0.25, 0.3) is 0 Å². The summed E-state index contributed by atoms with van der Waals surface area (Å²) in [5, 5.41) is 7.74. The highest BCUT2D eigenvalue weighted by Gasteiger charge is 2.53. The first kappa shape index (κ1) is 21.4. The maximum Gasteiger partial charge on any atom is 0.107 e. The number of rotatable bonds is 4. The summed E-state index contributed by atoms with van der Waals surface area (Å²) in [4.78, 5) is 9.78. The zero-order valence-electron chi connectivity index (χ0n) is 21.1. The van der Waals surface area contributed by atoms with Gasteiger partial charge in [-0.2, -0.15) is 0 Å². The van der Waals surface area contributed by atoms with E-state index in [2.05, 4.69) is 34.9 Å². The highest BCUT2D eigenvalue weighted by atomic mass is 15.1. The third-order valence-corrected chi connectivity index (χ3v) is 11.0. The number of anilines is 2. The summed E-state index contributed by atoms with van der Waals surface area (Å²) in [5.74, 6) is 9.52. The molecule has 1 aromatic carbocycles. The average molecular weight is 459 g/mol. The average Bonchev–Trinajstić information content (AvgIpc) is 2.81. The van der Waals surface area contributed by atoms with Crippen LogP contribution in [0.15, 0.2) is 34.3 Å². The van der Waals surface area contributed by atoms with Gasteiger partial charge in [0.05, 0.1) is 11.4 Å². The van der Waals surface area contributed by atoms with E-state index in [4.69, 9.17) is 9.98 Å². The minimum atomic E-state index is 0.277. The van der Waals surface area contributed by atoms with Crippen molar-refractivity contribution in [3.8, 4) is 0 Å². The van der Waals surface area contributed by atoms with Gasteiger partial charge in [-0.3, -0.25) is 9.98 Å². The summed E-state index contributed by atoms with van der Waals surface area (Å²) < 4.78 is 0. The smallest absolute Gasteiger partial charge is 0.107 e. The first-order valence-corrected chi connectivity index (χ1v) is 14.2. The van der Waals surface area contributed by atoms with Crippen LogP contribution in [0.1, 0.15) is 70.6 Å². The van der Waals surface area contributed by atoms with Crippen LogP contribution in [-0.4, -0.2) is 25.8 Å². The highest BCUT2D eigenvalue weighted by Crippen LogP contribution is 2.61. The number of amidine groups is 2. The Kier molecular flexibility index (Phi) is 5.11. The number of hydrogen-bond donors (Lipinski definition) is 2. The lowest BCUT2D eigenvalue weighted by Gasteiger charge is -2.57. The summed E-state index contributed by atoms with van der Waals surface area (Å²) in [5.41, 5.74) is 2.62. The number of nitrogens with one attached hydrogen (secondary N) is 2. The molecule has 0 saturated heterocycles. The van der Waals surface area contributed by atoms with Crippen LogP contribution in [0, 0.1) is 52.8 Å². The van der Waals surface area contributed by atoms with Gasteiger partial charge in [-0.15, -0.1) is 0 Å². The van der Waals surface area contributed by atoms with Crippen molar-refractivity contribution >= 4 is 23.0 Å².